The number of benzene rings is 1. The van der Waals surface area contributed by atoms with Crippen molar-refractivity contribution in [3.8, 4) is 17.2 Å². The molecule has 0 bridgehead atoms. The third-order valence-corrected chi connectivity index (χ3v) is 2.78. The molecular weight excluding hydrogens is 253 g/mol. The van der Waals surface area contributed by atoms with Gasteiger partial charge in [-0.05, 0) is 36.2 Å². The van der Waals surface area contributed by atoms with Gasteiger partial charge in [-0.3, -0.25) is 4.98 Å². The number of pyridine rings is 1. The van der Waals surface area contributed by atoms with E-state index >= 15 is 0 Å². The summed E-state index contributed by atoms with van der Waals surface area (Å²) < 4.78 is 39.2. The number of alkyl halides is 3. The molecular formula is C14H9F3N2. The molecule has 2 aromatic rings. The summed E-state index contributed by atoms with van der Waals surface area (Å²) in [6.45, 7) is 1.72. The molecule has 0 saturated heterocycles. The molecule has 0 aliphatic carbocycles. The van der Waals surface area contributed by atoms with Crippen LogP contribution in [0.4, 0.5) is 13.2 Å². The van der Waals surface area contributed by atoms with Gasteiger partial charge in [-0.2, -0.15) is 18.4 Å². The number of halogens is 3. The Hall–Kier alpha value is -2.35. The fourth-order valence-electron chi connectivity index (χ4n) is 1.83. The second kappa shape index (κ2) is 4.73. The maximum Gasteiger partial charge on any atom is 0.417 e. The molecule has 1 heterocycles. The monoisotopic (exact) mass is 262 g/mol. The predicted octanol–water partition coefficient (Wildman–Crippen LogP) is 3.95. The smallest absolute Gasteiger partial charge is 0.264 e. The Morgan fingerprint density at radius 1 is 1.16 bits per heavy atom. The van der Waals surface area contributed by atoms with Crippen molar-refractivity contribution in [3.63, 3.8) is 0 Å². The molecule has 1 aromatic heterocycles. The van der Waals surface area contributed by atoms with Gasteiger partial charge in [-0.25, -0.2) is 0 Å². The molecule has 5 heteroatoms. The Labute approximate surface area is 108 Å². The molecule has 1 aromatic carbocycles. The van der Waals surface area contributed by atoms with Crippen molar-refractivity contribution in [2.75, 3.05) is 0 Å². The van der Waals surface area contributed by atoms with E-state index in [1.807, 2.05) is 0 Å². The fourth-order valence-corrected chi connectivity index (χ4v) is 1.83. The van der Waals surface area contributed by atoms with Crippen molar-refractivity contribution < 1.29 is 13.2 Å². The van der Waals surface area contributed by atoms with Crippen LogP contribution >= 0.6 is 0 Å². The first-order chi connectivity index (χ1) is 8.93. The Morgan fingerprint density at radius 2 is 1.89 bits per heavy atom. The lowest BCUT2D eigenvalue weighted by atomic mass is 9.96. The van der Waals surface area contributed by atoms with Gasteiger partial charge in [0.05, 0.1) is 17.2 Å². The molecule has 0 aliphatic heterocycles. The summed E-state index contributed by atoms with van der Waals surface area (Å²) in [7, 11) is 0. The number of hydrogen-bond acceptors (Lipinski definition) is 2. The van der Waals surface area contributed by atoms with E-state index in [-0.39, 0.29) is 11.1 Å². The van der Waals surface area contributed by atoms with Crippen molar-refractivity contribution >= 4 is 0 Å². The van der Waals surface area contributed by atoms with E-state index in [2.05, 4.69) is 4.98 Å². The van der Waals surface area contributed by atoms with E-state index in [9.17, 15) is 13.2 Å². The Balaban J connectivity index is 2.71. The average molecular weight is 262 g/mol. The quantitative estimate of drug-likeness (QED) is 0.780. The van der Waals surface area contributed by atoms with Gasteiger partial charge >= 0.3 is 6.18 Å². The summed E-state index contributed by atoms with van der Waals surface area (Å²) in [6.07, 6.45) is -1.59. The van der Waals surface area contributed by atoms with E-state index in [1.54, 1.807) is 19.1 Å². The van der Waals surface area contributed by atoms with Crippen LogP contribution in [0.1, 0.15) is 16.7 Å². The van der Waals surface area contributed by atoms with E-state index in [0.29, 0.717) is 11.1 Å². The highest BCUT2D eigenvalue weighted by atomic mass is 19.4. The van der Waals surface area contributed by atoms with Crippen LogP contribution < -0.4 is 0 Å². The van der Waals surface area contributed by atoms with Gasteiger partial charge in [0.25, 0.3) is 0 Å². The zero-order chi connectivity index (χ0) is 14.0. The molecule has 0 fully saturated rings. The first-order valence-corrected chi connectivity index (χ1v) is 5.46. The molecule has 0 N–H and O–H groups in total. The number of nitriles is 1. The Bertz CT molecular complexity index is 654. The van der Waals surface area contributed by atoms with Crippen molar-refractivity contribution in [3.05, 3.63) is 53.3 Å². The van der Waals surface area contributed by atoms with E-state index in [4.69, 9.17) is 5.26 Å². The SMILES string of the molecule is Cc1ccncc1-c1ccc(C#N)cc1C(F)(F)F. The minimum atomic E-state index is -4.51. The zero-order valence-electron chi connectivity index (χ0n) is 9.99. The summed E-state index contributed by atoms with van der Waals surface area (Å²) in [4.78, 5) is 3.86. The number of aromatic nitrogens is 1. The lowest BCUT2D eigenvalue weighted by molar-refractivity contribution is -0.137. The predicted molar refractivity (Wildman–Crippen MR) is 64.1 cm³/mol. The van der Waals surface area contributed by atoms with Crippen LogP contribution in [0.5, 0.6) is 0 Å². The van der Waals surface area contributed by atoms with Crippen molar-refractivity contribution in [1.29, 1.82) is 5.26 Å². The Morgan fingerprint density at radius 3 is 2.47 bits per heavy atom. The third-order valence-electron chi connectivity index (χ3n) is 2.78. The molecule has 0 saturated carbocycles. The summed E-state index contributed by atoms with van der Waals surface area (Å²) in [6, 6.07) is 6.91. The Kier molecular flexibility index (Phi) is 3.26. The molecule has 2 nitrogen and oxygen atoms in total. The van der Waals surface area contributed by atoms with Crippen molar-refractivity contribution in [1.82, 2.24) is 4.98 Å². The molecule has 0 amide bonds. The summed E-state index contributed by atoms with van der Waals surface area (Å²) in [5, 5.41) is 8.71. The van der Waals surface area contributed by atoms with E-state index in [0.717, 1.165) is 6.07 Å². The number of nitrogens with zero attached hydrogens (tertiary/aromatic N) is 2. The molecule has 96 valence electrons. The van der Waals surface area contributed by atoms with Crippen LogP contribution in [0.3, 0.4) is 0 Å². The standard InChI is InChI=1S/C14H9F3N2/c1-9-4-5-19-8-12(9)11-3-2-10(7-18)6-13(11)14(15,16)17/h2-6,8H,1H3. The van der Waals surface area contributed by atoms with Gasteiger partial charge in [0, 0.05) is 18.0 Å². The molecule has 2 rings (SSSR count). The topological polar surface area (TPSA) is 36.7 Å². The van der Waals surface area contributed by atoms with Crippen LogP contribution in [0.25, 0.3) is 11.1 Å². The van der Waals surface area contributed by atoms with E-state index < -0.39 is 11.7 Å². The summed E-state index contributed by atoms with van der Waals surface area (Å²) in [5.74, 6) is 0. The maximum atomic E-state index is 13.1. The lowest BCUT2D eigenvalue weighted by Crippen LogP contribution is -2.08. The van der Waals surface area contributed by atoms with Crippen LogP contribution in [0.2, 0.25) is 0 Å². The third kappa shape index (κ3) is 2.58. The highest BCUT2D eigenvalue weighted by Gasteiger charge is 2.34. The zero-order valence-corrected chi connectivity index (χ0v) is 9.99. The first kappa shape index (κ1) is 13.1. The van der Waals surface area contributed by atoms with Gasteiger partial charge in [-0.1, -0.05) is 6.07 Å². The molecule has 0 atom stereocenters. The van der Waals surface area contributed by atoms with Crippen molar-refractivity contribution in [2.45, 2.75) is 13.1 Å². The lowest BCUT2D eigenvalue weighted by Gasteiger charge is -2.14. The minimum absolute atomic E-state index is 0.0161. The number of aryl methyl sites for hydroxylation is 1. The largest absolute Gasteiger partial charge is 0.417 e. The van der Waals surface area contributed by atoms with Gasteiger partial charge in [-0.15, -0.1) is 0 Å². The maximum absolute atomic E-state index is 13.1. The van der Waals surface area contributed by atoms with Gasteiger partial charge in [0.15, 0.2) is 0 Å². The fraction of sp³-hybridized carbons (Fsp3) is 0.143. The van der Waals surface area contributed by atoms with Gasteiger partial charge < -0.3 is 0 Å². The number of hydrogen-bond donors (Lipinski definition) is 0. The number of rotatable bonds is 1. The minimum Gasteiger partial charge on any atom is -0.264 e. The highest BCUT2D eigenvalue weighted by molar-refractivity contribution is 5.71. The van der Waals surface area contributed by atoms with Crippen LogP contribution in [0.15, 0.2) is 36.7 Å². The van der Waals surface area contributed by atoms with Crippen molar-refractivity contribution in [2.24, 2.45) is 0 Å². The average Bonchev–Trinajstić information content (AvgIpc) is 2.38. The van der Waals surface area contributed by atoms with Crippen LogP contribution in [-0.2, 0) is 6.18 Å². The summed E-state index contributed by atoms with van der Waals surface area (Å²) >= 11 is 0. The normalized spacial score (nSPS) is 11.1. The van der Waals surface area contributed by atoms with Crippen LogP contribution in [0, 0.1) is 18.3 Å². The molecule has 0 unspecified atom stereocenters. The van der Waals surface area contributed by atoms with Crippen LogP contribution in [-0.4, -0.2) is 4.98 Å². The van der Waals surface area contributed by atoms with E-state index in [1.165, 1.54) is 24.5 Å². The second-order valence-electron chi connectivity index (χ2n) is 4.06. The van der Waals surface area contributed by atoms with Gasteiger partial charge in [0.2, 0.25) is 0 Å². The summed E-state index contributed by atoms with van der Waals surface area (Å²) in [5.41, 5.74) is 0.321. The molecule has 0 spiro atoms. The highest BCUT2D eigenvalue weighted by Crippen LogP contribution is 2.38. The molecule has 19 heavy (non-hydrogen) atoms. The van der Waals surface area contributed by atoms with Gasteiger partial charge in [0.1, 0.15) is 0 Å². The first-order valence-electron chi connectivity index (χ1n) is 5.46. The second-order valence-corrected chi connectivity index (χ2v) is 4.06. The molecule has 0 aliphatic rings. The molecule has 0 radical (unpaired) electrons.